The molecule has 4 rings (SSSR count). The first kappa shape index (κ1) is 48.3. The maximum Gasteiger partial charge on any atom is 2.00 e. The summed E-state index contributed by atoms with van der Waals surface area (Å²) >= 11 is 0. The Hall–Kier alpha value is -2.72. The Bertz CT molecular complexity index is 1810. The average Bonchev–Trinajstić information content (AvgIpc) is 3.02. The molecule has 0 amide bonds. The Morgan fingerprint density at radius 2 is 1.17 bits per heavy atom. The van der Waals surface area contributed by atoms with E-state index in [4.69, 9.17) is 28.2 Å². The van der Waals surface area contributed by atoms with Gasteiger partial charge in [-0.1, -0.05) is 127 Å². The van der Waals surface area contributed by atoms with E-state index in [0.29, 0.717) is 24.0 Å². The molecule has 0 aromatic heterocycles. The number of ether oxygens (including phenoxy) is 2. The largest absolute Gasteiger partial charge is 2.00 e. The van der Waals surface area contributed by atoms with Crippen LogP contribution in [-0.4, -0.2) is 43.8 Å². The van der Waals surface area contributed by atoms with Crippen molar-refractivity contribution in [2.45, 2.75) is 111 Å². The monoisotopic (exact) mass is 853 g/mol. The van der Waals surface area contributed by atoms with Crippen LogP contribution >= 0.6 is 7.92 Å². The molecule has 0 bridgehead atoms. The van der Waals surface area contributed by atoms with Crippen LogP contribution in [0.25, 0.3) is 22.3 Å². The Kier molecular flexibility index (Phi) is 18.5. The molecule has 6 nitrogen and oxygen atoms in total. The van der Waals surface area contributed by atoms with Crippen LogP contribution < -0.4 is 20.5 Å². The van der Waals surface area contributed by atoms with Crippen LogP contribution in [0.3, 0.4) is 0 Å². The van der Waals surface area contributed by atoms with Gasteiger partial charge in [0, 0.05) is 17.1 Å². The van der Waals surface area contributed by atoms with Crippen molar-refractivity contribution in [3.05, 3.63) is 95.6 Å². The Morgan fingerprint density at radius 1 is 0.717 bits per heavy atom. The van der Waals surface area contributed by atoms with Gasteiger partial charge in [0.05, 0.1) is 24.3 Å². The zero-order valence-corrected chi connectivity index (χ0v) is 37.7. The number of para-hydroxylation sites is 1. The number of anilines is 1. The second-order valence-corrected chi connectivity index (χ2v) is 21.2. The zero-order valence-electron chi connectivity index (χ0n) is 34.5. The van der Waals surface area contributed by atoms with Crippen molar-refractivity contribution in [1.29, 1.82) is 0 Å². The van der Waals surface area contributed by atoms with E-state index in [9.17, 15) is 0 Å². The van der Waals surface area contributed by atoms with Gasteiger partial charge in [-0.15, -0.1) is 35.9 Å². The van der Waals surface area contributed by atoms with Gasteiger partial charge in [0.2, 0.25) is 0 Å². The molecule has 294 valence electrons. The zero-order chi connectivity index (χ0) is 39.8. The molecule has 4 aromatic rings. The van der Waals surface area contributed by atoms with Gasteiger partial charge in [0.1, 0.15) is 11.5 Å². The van der Waals surface area contributed by atoms with Gasteiger partial charge in [0.25, 0.3) is 0 Å². The standard InChI is InChI=1S/C31H49O2P.C12H10N.CH4O3S.Pd/c1-19(2)22-17-23(20(3)4)27(24(18-22)21(5)6)28-25(32-13)15-16-26(33-14)29(28)34(30(7,8)9)31(10,11)12;13-12-9-5-4-8-11(12)10-6-2-1-3-7-10;1-5(2,3)4;/h15-21H,1-14H3;1-6,8-9H,13H2;1H3,(H,2,3,4);/q;-1;;+2/p-1. The van der Waals surface area contributed by atoms with Gasteiger partial charge in [-0.3, -0.25) is 0 Å². The maximum atomic E-state index is 9.08. The summed E-state index contributed by atoms with van der Waals surface area (Å²) in [4.78, 5) is 0. The quantitative estimate of drug-likeness (QED) is 0.0623. The van der Waals surface area contributed by atoms with Crippen LogP contribution in [0.2, 0.25) is 0 Å². The number of hydrogen-bond donors (Lipinski definition) is 1. The number of nitrogens with two attached hydrogens (primary N) is 1. The minimum atomic E-state index is -3.92. The van der Waals surface area contributed by atoms with Gasteiger partial charge in [-0.25, -0.2) is 8.42 Å². The molecule has 0 aliphatic rings. The molecule has 0 aliphatic carbocycles. The van der Waals surface area contributed by atoms with Crippen LogP contribution in [-0.2, 0) is 30.5 Å². The van der Waals surface area contributed by atoms with Crippen molar-refractivity contribution in [3.63, 3.8) is 0 Å². The van der Waals surface area contributed by atoms with Crippen molar-refractivity contribution in [1.82, 2.24) is 0 Å². The smallest absolute Gasteiger partial charge is 0.748 e. The summed E-state index contributed by atoms with van der Waals surface area (Å²) in [5.74, 6) is 3.19. The fourth-order valence-electron chi connectivity index (χ4n) is 6.58. The number of nitrogen functional groups attached to an aromatic ring is 1. The fraction of sp³-hybridized carbons (Fsp3) is 0.455. The summed E-state index contributed by atoms with van der Waals surface area (Å²) < 4.78 is 39.4. The second kappa shape index (κ2) is 20.3. The van der Waals surface area contributed by atoms with Crippen LogP contribution in [0.4, 0.5) is 5.69 Å². The minimum absolute atomic E-state index is 0. The molecule has 0 aliphatic heterocycles. The fourth-order valence-corrected chi connectivity index (χ4v) is 10.8. The second-order valence-electron chi connectivity index (χ2n) is 16.0. The number of rotatable bonds is 8. The molecule has 0 spiro atoms. The van der Waals surface area contributed by atoms with Crippen molar-refractivity contribution in [3.8, 4) is 33.8 Å². The van der Waals surface area contributed by atoms with Crippen molar-refractivity contribution in [2.75, 3.05) is 26.2 Å². The third kappa shape index (κ3) is 13.8. The summed E-state index contributed by atoms with van der Waals surface area (Å²) in [6.07, 6.45) is 0.604. The molecule has 0 fully saturated rings. The van der Waals surface area contributed by atoms with Crippen LogP contribution in [0, 0.1) is 6.07 Å². The van der Waals surface area contributed by atoms with E-state index in [-0.39, 0.29) is 30.7 Å². The van der Waals surface area contributed by atoms with Crippen LogP contribution in [0.15, 0.2) is 72.8 Å². The summed E-state index contributed by atoms with van der Waals surface area (Å²) in [6.45, 7) is 28.1. The van der Waals surface area contributed by atoms with E-state index >= 15 is 0 Å². The van der Waals surface area contributed by atoms with Crippen molar-refractivity contribution >= 4 is 29.0 Å². The minimum Gasteiger partial charge on any atom is -0.748 e. The van der Waals surface area contributed by atoms with Crippen LogP contribution in [0.5, 0.6) is 11.5 Å². The molecule has 0 atom stereocenters. The Balaban J connectivity index is 0.000000603. The Labute approximate surface area is 336 Å². The molecular formula is C44H62NO5PPdS. The normalized spacial score (nSPS) is 11.8. The Morgan fingerprint density at radius 3 is 1.55 bits per heavy atom. The average molecular weight is 854 g/mol. The molecule has 9 heteroatoms. The topological polar surface area (TPSA) is 102 Å². The summed E-state index contributed by atoms with van der Waals surface area (Å²) in [6, 6.07) is 27.9. The molecular weight excluding hydrogens is 792 g/mol. The number of benzene rings is 4. The van der Waals surface area contributed by atoms with E-state index in [0.717, 1.165) is 28.3 Å². The first-order valence-corrected chi connectivity index (χ1v) is 21.1. The van der Waals surface area contributed by atoms with Gasteiger partial charge < -0.3 is 19.8 Å². The first-order valence-electron chi connectivity index (χ1n) is 17.9. The molecule has 4 aromatic carbocycles. The third-order valence-corrected chi connectivity index (χ3v) is 12.0. The summed E-state index contributed by atoms with van der Waals surface area (Å²) in [5.41, 5.74) is 15.5. The van der Waals surface area contributed by atoms with E-state index in [1.807, 2.05) is 55.6 Å². The van der Waals surface area contributed by atoms with Crippen LogP contribution in [0.1, 0.15) is 118 Å². The van der Waals surface area contributed by atoms with E-state index < -0.39 is 18.0 Å². The molecule has 0 saturated carbocycles. The van der Waals surface area contributed by atoms with Gasteiger partial charge in [0.15, 0.2) is 0 Å². The van der Waals surface area contributed by atoms with E-state index in [2.05, 4.69) is 113 Å². The molecule has 53 heavy (non-hydrogen) atoms. The number of methoxy groups -OCH3 is 2. The van der Waals surface area contributed by atoms with Gasteiger partial charge in [-0.2, -0.15) is 0 Å². The SMILES string of the molecule is COc1ccc(OC)c(P(C(C)(C)C)C(C)(C)C)c1-c1c(C(C)C)cc(C(C)C)cc1C(C)C.CS(=O)(=O)[O-].Nc1ccccc1-c1[c-]cccc1.[Pd+2]. The molecule has 0 radical (unpaired) electrons. The van der Waals surface area contributed by atoms with Gasteiger partial charge in [-0.05, 0) is 74.2 Å². The van der Waals surface area contributed by atoms with E-state index in [1.54, 1.807) is 7.11 Å². The number of hydrogen-bond acceptors (Lipinski definition) is 6. The molecule has 0 saturated heterocycles. The molecule has 0 unspecified atom stereocenters. The first-order chi connectivity index (χ1) is 23.9. The van der Waals surface area contributed by atoms with Gasteiger partial charge >= 0.3 is 20.4 Å². The van der Waals surface area contributed by atoms with E-state index in [1.165, 1.54) is 33.1 Å². The molecule has 2 N–H and O–H groups in total. The predicted molar refractivity (Wildman–Crippen MR) is 224 cm³/mol. The molecule has 0 heterocycles. The van der Waals surface area contributed by atoms with Crippen molar-refractivity contribution < 1.29 is 42.9 Å². The van der Waals surface area contributed by atoms with Crippen molar-refractivity contribution in [2.24, 2.45) is 0 Å². The third-order valence-electron chi connectivity index (χ3n) is 8.45. The maximum absolute atomic E-state index is 9.08. The summed E-state index contributed by atoms with van der Waals surface area (Å²) in [7, 11) is -0.924. The predicted octanol–water partition coefficient (Wildman–Crippen LogP) is 11.3. The summed E-state index contributed by atoms with van der Waals surface area (Å²) in [5, 5.41) is 1.52.